The van der Waals surface area contributed by atoms with Crippen LogP contribution < -0.4 is 10.9 Å². The van der Waals surface area contributed by atoms with Crippen molar-refractivity contribution in [3.05, 3.63) is 57.0 Å². The van der Waals surface area contributed by atoms with Crippen molar-refractivity contribution in [2.24, 2.45) is 0 Å². The van der Waals surface area contributed by atoms with Gasteiger partial charge in [0.2, 0.25) is 5.91 Å². The van der Waals surface area contributed by atoms with Gasteiger partial charge in [-0.25, -0.2) is 4.98 Å². The van der Waals surface area contributed by atoms with Gasteiger partial charge < -0.3 is 5.32 Å². The standard InChI is InChI=1S/C19H21N3O2S2/c1-13(2)22-18(24)15-7-3-4-8-16(15)21-19(22)26-12-17(23)20-10-9-14-6-5-11-25-14/h3-8,11,13H,9-10,12H2,1-2H3,(H,20,23). The summed E-state index contributed by atoms with van der Waals surface area (Å²) in [5.41, 5.74) is 0.598. The molecule has 0 spiro atoms. The number of nitrogens with zero attached hydrogens (tertiary/aromatic N) is 2. The number of fused-ring (bicyclic) bond motifs is 1. The summed E-state index contributed by atoms with van der Waals surface area (Å²) in [6.07, 6.45) is 0.832. The first-order valence-electron chi connectivity index (χ1n) is 8.49. The van der Waals surface area contributed by atoms with Gasteiger partial charge in [0.15, 0.2) is 5.16 Å². The average molecular weight is 388 g/mol. The molecular formula is C19H21N3O2S2. The molecule has 0 aliphatic heterocycles. The molecule has 3 rings (SSSR count). The number of thioether (sulfide) groups is 1. The van der Waals surface area contributed by atoms with Crippen molar-refractivity contribution in [3.63, 3.8) is 0 Å². The van der Waals surface area contributed by atoms with Gasteiger partial charge in [-0.1, -0.05) is 30.0 Å². The lowest BCUT2D eigenvalue weighted by atomic mass is 10.2. The van der Waals surface area contributed by atoms with E-state index in [2.05, 4.69) is 16.4 Å². The number of nitrogens with one attached hydrogen (secondary N) is 1. The SMILES string of the molecule is CC(C)n1c(SCC(=O)NCCc2cccs2)nc2ccccc2c1=O. The Labute approximate surface area is 160 Å². The molecule has 0 bridgehead atoms. The van der Waals surface area contributed by atoms with Crippen LogP contribution >= 0.6 is 23.1 Å². The molecular weight excluding hydrogens is 366 g/mol. The molecule has 3 aromatic rings. The minimum atomic E-state index is -0.0637. The van der Waals surface area contributed by atoms with Crippen LogP contribution in [0.25, 0.3) is 10.9 Å². The molecule has 2 heterocycles. The Morgan fingerprint density at radius 1 is 1.27 bits per heavy atom. The molecule has 0 saturated carbocycles. The summed E-state index contributed by atoms with van der Waals surface area (Å²) >= 11 is 2.99. The molecule has 1 N–H and O–H groups in total. The predicted octanol–water partition coefficient (Wildman–Crippen LogP) is 3.49. The zero-order chi connectivity index (χ0) is 18.5. The Hall–Kier alpha value is -2.12. The lowest BCUT2D eigenvalue weighted by Crippen LogP contribution is -2.29. The number of carbonyl (C=O) groups is 1. The summed E-state index contributed by atoms with van der Waals surface area (Å²) in [6.45, 7) is 4.51. The highest BCUT2D eigenvalue weighted by Gasteiger charge is 2.15. The second kappa shape index (κ2) is 8.51. The summed E-state index contributed by atoms with van der Waals surface area (Å²) in [6, 6.07) is 11.4. The minimum Gasteiger partial charge on any atom is -0.355 e. The van der Waals surface area contributed by atoms with Crippen LogP contribution in [0.3, 0.4) is 0 Å². The van der Waals surface area contributed by atoms with Crippen LogP contribution in [-0.2, 0) is 11.2 Å². The monoisotopic (exact) mass is 387 g/mol. The molecule has 0 saturated heterocycles. The van der Waals surface area contributed by atoms with Crippen molar-refractivity contribution in [1.82, 2.24) is 14.9 Å². The third kappa shape index (κ3) is 4.34. The van der Waals surface area contributed by atoms with Crippen LogP contribution in [-0.4, -0.2) is 27.8 Å². The van der Waals surface area contributed by atoms with Gasteiger partial charge in [0, 0.05) is 17.5 Å². The Bertz CT molecular complexity index is 949. The smallest absolute Gasteiger partial charge is 0.262 e. The number of amides is 1. The topological polar surface area (TPSA) is 64.0 Å². The summed E-state index contributed by atoms with van der Waals surface area (Å²) in [5.74, 6) is 0.186. The zero-order valence-corrected chi connectivity index (χ0v) is 16.4. The van der Waals surface area contributed by atoms with Crippen molar-refractivity contribution in [3.8, 4) is 0 Å². The van der Waals surface area contributed by atoms with Crippen LogP contribution in [0.5, 0.6) is 0 Å². The largest absolute Gasteiger partial charge is 0.355 e. The molecule has 1 amide bonds. The van der Waals surface area contributed by atoms with E-state index in [1.807, 2.05) is 43.5 Å². The summed E-state index contributed by atoms with van der Waals surface area (Å²) in [4.78, 5) is 30.7. The van der Waals surface area contributed by atoms with Gasteiger partial charge in [-0.3, -0.25) is 14.2 Å². The van der Waals surface area contributed by atoms with Gasteiger partial charge in [0.25, 0.3) is 5.56 Å². The first-order chi connectivity index (χ1) is 12.6. The summed E-state index contributed by atoms with van der Waals surface area (Å²) < 4.78 is 1.66. The zero-order valence-electron chi connectivity index (χ0n) is 14.8. The average Bonchev–Trinajstić information content (AvgIpc) is 3.13. The Balaban J connectivity index is 1.68. The number of para-hydroxylation sites is 1. The quantitative estimate of drug-likeness (QED) is 0.498. The van der Waals surface area contributed by atoms with Gasteiger partial charge in [-0.05, 0) is 43.8 Å². The van der Waals surface area contributed by atoms with Crippen LogP contribution in [0.4, 0.5) is 0 Å². The molecule has 0 aliphatic rings. The minimum absolute atomic E-state index is 0.0241. The van der Waals surface area contributed by atoms with Crippen LogP contribution in [0.15, 0.2) is 51.7 Å². The van der Waals surface area contributed by atoms with E-state index in [0.717, 1.165) is 6.42 Å². The van der Waals surface area contributed by atoms with Gasteiger partial charge in [0.05, 0.1) is 16.7 Å². The maximum atomic E-state index is 12.7. The van der Waals surface area contributed by atoms with E-state index in [-0.39, 0.29) is 23.3 Å². The molecule has 0 unspecified atom stereocenters. The van der Waals surface area contributed by atoms with Crippen molar-refractivity contribution in [2.75, 3.05) is 12.3 Å². The fourth-order valence-electron chi connectivity index (χ4n) is 2.64. The second-order valence-electron chi connectivity index (χ2n) is 6.15. The van der Waals surface area contributed by atoms with E-state index in [1.54, 1.807) is 22.0 Å². The highest BCUT2D eigenvalue weighted by atomic mass is 32.2. The highest BCUT2D eigenvalue weighted by Crippen LogP contribution is 2.20. The van der Waals surface area contributed by atoms with E-state index in [1.165, 1.54) is 16.6 Å². The third-order valence-electron chi connectivity index (χ3n) is 3.90. The maximum absolute atomic E-state index is 12.7. The molecule has 0 atom stereocenters. The van der Waals surface area contributed by atoms with Crippen molar-refractivity contribution < 1.29 is 4.79 Å². The van der Waals surface area contributed by atoms with Gasteiger partial charge in [0.1, 0.15) is 0 Å². The molecule has 136 valence electrons. The molecule has 0 radical (unpaired) electrons. The second-order valence-corrected chi connectivity index (χ2v) is 8.12. The molecule has 5 nitrogen and oxygen atoms in total. The predicted molar refractivity (Wildman–Crippen MR) is 108 cm³/mol. The normalized spacial score (nSPS) is 11.2. The molecule has 1 aromatic carbocycles. The molecule has 0 aliphatic carbocycles. The van der Waals surface area contributed by atoms with Crippen molar-refractivity contribution in [1.29, 1.82) is 0 Å². The van der Waals surface area contributed by atoms with E-state index < -0.39 is 0 Å². The Morgan fingerprint density at radius 2 is 2.08 bits per heavy atom. The number of hydrogen-bond donors (Lipinski definition) is 1. The Morgan fingerprint density at radius 3 is 2.81 bits per heavy atom. The molecule has 0 fully saturated rings. The van der Waals surface area contributed by atoms with E-state index in [0.29, 0.717) is 22.6 Å². The van der Waals surface area contributed by atoms with Gasteiger partial charge >= 0.3 is 0 Å². The number of benzene rings is 1. The summed E-state index contributed by atoms with van der Waals surface area (Å²) in [5, 5.41) is 6.14. The lowest BCUT2D eigenvalue weighted by Gasteiger charge is -2.16. The molecule has 26 heavy (non-hydrogen) atoms. The van der Waals surface area contributed by atoms with Crippen LogP contribution in [0, 0.1) is 0 Å². The molecule has 2 aromatic heterocycles. The maximum Gasteiger partial charge on any atom is 0.262 e. The van der Waals surface area contributed by atoms with Crippen molar-refractivity contribution in [2.45, 2.75) is 31.5 Å². The van der Waals surface area contributed by atoms with Gasteiger partial charge in [-0.2, -0.15) is 0 Å². The molecule has 7 heteroatoms. The number of thiophene rings is 1. The third-order valence-corrected chi connectivity index (χ3v) is 5.79. The lowest BCUT2D eigenvalue weighted by molar-refractivity contribution is -0.118. The number of rotatable bonds is 7. The van der Waals surface area contributed by atoms with Gasteiger partial charge in [-0.15, -0.1) is 11.3 Å². The van der Waals surface area contributed by atoms with E-state index in [9.17, 15) is 9.59 Å². The van der Waals surface area contributed by atoms with Crippen LogP contribution in [0.2, 0.25) is 0 Å². The highest BCUT2D eigenvalue weighted by molar-refractivity contribution is 7.99. The summed E-state index contributed by atoms with van der Waals surface area (Å²) in [7, 11) is 0. The van der Waals surface area contributed by atoms with E-state index >= 15 is 0 Å². The number of hydrogen-bond acceptors (Lipinski definition) is 5. The number of carbonyl (C=O) groups excluding carboxylic acids is 1. The first kappa shape index (κ1) is 18.7. The fraction of sp³-hybridized carbons (Fsp3) is 0.316. The Kier molecular flexibility index (Phi) is 6.11. The fourth-order valence-corrected chi connectivity index (χ4v) is 4.31. The van der Waals surface area contributed by atoms with Crippen LogP contribution in [0.1, 0.15) is 24.8 Å². The van der Waals surface area contributed by atoms with E-state index in [4.69, 9.17) is 0 Å². The first-order valence-corrected chi connectivity index (χ1v) is 10.4. The number of aromatic nitrogens is 2. The van der Waals surface area contributed by atoms with Crippen molar-refractivity contribution >= 4 is 39.9 Å².